The highest BCUT2D eigenvalue weighted by Gasteiger charge is 2.60. The van der Waals surface area contributed by atoms with Gasteiger partial charge in [0.05, 0.1) is 0 Å². The maximum Gasteiger partial charge on any atom is 0.140 e. The number of carbonyl (C=O) groups excluding carboxylic acids is 10. The number of carbonyl (C=O) groups is 10. The second kappa shape index (κ2) is 53.8. The molecule has 96 heavy (non-hydrogen) atoms. The van der Waals surface area contributed by atoms with Crippen LogP contribution in [0.3, 0.4) is 0 Å². The molecule has 0 N–H and O–H groups in total. The molecule has 0 aromatic heterocycles. The van der Waals surface area contributed by atoms with Gasteiger partial charge < -0.3 is 0 Å². The molecule has 0 spiro atoms. The minimum atomic E-state index is 0.190. The fraction of sp³-hybridized carbons (Fsp3) is 0.814. The molecule has 558 valence electrons. The number of ketones is 10. The van der Waals surface area contributed by atoms with Gasteiger partial charge in [-0.2, -0.15) is 0 Å². The monoisotopic (exact) mass is 1350 g/mol. The van der Waals surface area contributed by atoms with E-state index in [1.165, 1.54) is 31.2 Å². The lowest BCUT2D eigenvalue weighted by Crippen LogP contribution is -2.27. The van der Waals surface area contributed by atoms with Crippen LogP contribution < -0.4 is 0 Å². The summed E-state index contributed by atoms with van der Waals surface area (Å²) in [6, 6.07) is 10.1. The number of benzene rings is 1. The van der Waals surface area contributed by atoms with E-state index in [2.05, 4.69) is 130 Å². The number of hydrogen-bond donors (Lipinski definition) is 0. The molecule has 0 radical (unpaired) electrons. The molecular weight excluding hydrogens is 1190 g/mol. The van der Waals surface area contributed by atoms with Crippen molar-refractivity contribution in [1.82, 2.24) is 0 Å². The molecule has 0 amide bonds. The molecule has 5 aliphatic carbocycles. The van der Waals surface area contributed by atoms with Crippen molar-refractivity contribution in [3.05, 3.63) is 35.9 Å². The van der Waals surface area contributed by atoms with E-state index in [1.807, 2.05) is 94.4 Å². The Morgan fingerprint density at radius 2 is 0.969 bits per heavy atom. The number of hydrogen-bond acceptors (Lipinski definition) is 10. The fourth-order valence-corrected chi connectivity index (χ4v) is 12.8. The Balaban J connectivity index is -0.000000492. The SMILES string of the molecule is CC(C)C(=O)C(C)C.CC(C)CC(=O)C(C)C.CC(C)CC(=O)CC(C)C.CC12CCC(C(=O)C1)C2(C)C.CC1CCC(C(C)C)C(=O)C1.CC1CCCC(C)C1=O.CCC(=O)CC(C)C.CCCC(=O)CC(C)C.CCCC(C)C(C)=O.O=C1CCCCC1c1ccccc1. The molecule has 0 saturated heterocycles. The largest absolute Gasteiger partial charge is 0.300 e. The van der Waals surface area contributed by atoms with Crippen LogP contribution in [-0.2, 0) is 47.9 Å². The molecule has 8 atom stereocenters. The van der Waals surface area contributed by atoms with Crippen molar-refractivity contribution >= 4 is 57.8 Å². The van der Waals surface area contributed by atoms with Crippen molar-refractivity contribution in [3.8, 4) is 0 Å². The van der Waals surface area contributed by atoms with Crippen molar-refractivity contribution < 1.29 is 47.9 Å². The molecule has 1 aromatic carbocycles. The molecule has 8 unspecified atom stereocenters. The number of rotatable bonds is 21. The van der Waals surface area contributed by atoms with Gasteiger partial charge in [0.25, 0.3) is 0 Å². The van der Waals surface area contributed by atoms with Gasteiger partial charge in [0.2, 0.25) is 0 Å². The van der Waals surface area contributed by atoms with E-state index >= 15 is 0 Å². The fourth-order valence-electron chi connectivity index (χ4n) is 12.8. The zero-order chi connectivity index (χ0) is 75.4. The average Bonchev–Trinajstić information content (AvgIpc) is 1.57. The summed E-state index contributed by atoms with van der Waals surface area (Å²) in [4.78, 5) is 110. The van der Waals surface area contributed by atoms with E-state index in [0.717, 1.165) is 116 Å². The Morgan fingerprint density at radius 1 is 0.500 bits per heavy atom. The van der Waals surface area contributed by atoms with E-state index in [0.29, 0.717) is 135 Å². The molecule has 2 bridgehead atoms. The summed E-state index contributed by atoms with van der Waals surface area (Å²) in [5, 5.41) is 0. The molecule has 10 heteroatoms. The minimum absolute atomic E-state index is 0.190. The van der Waals surface area contributed by atoms with Crippen LogP contribution in [-0.4, -0.2) is 57.8 Å². The molecule has 6 rings (SSSR count). The van der Waals surface area contributed by atoms with E-state index in [9.17, 15) is 47.9 Å². The molecule has 5 aliphatic rings. The van der Waals surface area contributed by atoms with Crippen LogP contribution in [0.25, 0.3) is 0 Å². The van der Waals surface area contributed by atoms with Crippen LogP contribution >= 0.6 is 0 Å². The average molecular weight is 1350 g/mol. The Hall–Kier alpha value is -4.08. The lowest BCUT2D eigenvalue weighted by molar-refractivity contribution is -0.128. The van der Waals surface area contributed by atoms with Crippen LogP contribution in [0.1, 0.15) is 360 Å². The maximum absolute atomic E-state index is 11.6. The zero-order valence-electron chi connectivity index (χ0n) is 68.0. The first-order valence-electron chi connectivity index (χ1n) is 38.6. The third kappa shape index (κ3) is 46.3. The maximum atomic E-state index is 11.6. The molecule has 0 heterocycles. The second-order valence-corrected chi connectivity index (χ2v) is 33.4. The van der Waals surface area contributed by atoms with Crippen LogP contribution in [0.5, 0.6) is 0 Å². The standard InChI is InChI=1S/C12H14O.C10H16O.C10H18O.C9H18O.C8H14O.2C8H16O.3C7H14O/c13-12-9-5-4-8-11(12)10-6-2-1-3-7-10;1-9(2)7-4-5-10(9,3)6-8(7)11;1-7(2)9-5-4-8(3)6-10(9)11;1-7(2)5-9(10)6-8(3)4;1-6-4-3-5-7(2)8(6)9;1-6(2)5-8(9)7(3)4;1-4-5-8(9)6-7(2)3;1-5(2)7(8)6(3)4;1-4-7(8)5-6(2)3;1-4-5-6(2)7(3)8/h1-3,6-7,11H,4-5,8-9H2;7H,4-6H2,1-3H3;7-9H,4-6H2,1-3H3;7-8H,5-6H2,1-4H3;6-7H,3-5H2,1-2H3;6-7H,5H2,1-4H3;7H,4-6H2,1-3H3;5-6H,1-4H3;2*6H,4-5H2,1-3H3. The van der Waals surface area contributed by atoms with Crippen LogP contribution in [0, 0.1) is 99.6 Å². The molecular formula is C86H154O10. The van der Waals surface area contributed by atoms with Gasteiger partial charge in [-0.05, 0) is 129 Å². The second-order valence-electron chi connectivity index (χ2n) is 33.4. The summed E-state index contributed by atoms with van der Waals surface area (Å²) < 4.78 is 0. The summed E-state index contributed by atoms with van der Waals surface area (Å²) in [6.45, 7) is 59.4. The summed E-state index contributed by atoms with van der Waals surface area (Å²) in [5.41, 5.74) is 1.81. The van der Waals surface area contributed by atoms with E-state index in [-0.39, 0.29) is 35.0 Å². The van der Waals surface area contributed by atoms with Crippen molar-refractivity contribution in [2.24, 2.45) is 99.6 Å². The highest BCUT2D eigenvalue weighted by atomic mass is 16.2. The van der Waals surface area contributed by atoms with E-state index < -0.39 is 0 Å². The highest BCUT2D eigenvalue weighted by molar-refractivity contribution is 5.87. The van der Waals surface area contributed by atoms with Crippen LogP contribution in [0.15, 0.2) is 30.3 Å². The van der Waals surface area contributed by atoms with Crippen molar-refractivity contribution in [2.75, 3.05) is 0 Å². The molecule has 1 aromatic rings. The van der Waals surface area contributed by atoms with Gasteiger partial charge in [-0.1, -0.05) is 243 Å². The quantitative estimate of drug-likeness (QED) is 0.115. The van der Waals surface area contributed by atoms with Crippen molar-refractivity contribution in [2.45, 2.75) is 354 Å². The summed E-state index contributed by atoms with van der Waals surface area (Å²) in [5.74, 6) is 10.5. The van der Waals surface area contributed by atoms with Gasteiger partial charge in [0, 0.05) is 117 Å². The smallest absolute Gasteiger partial charge is 0.140 e. The van der Waals surface area contributed by atoms with Crippen molar-refractivity contribution in [3.63, 3.8) is 0 Å². The Labute approximate surface area is 592 Å². The first kappa shape index (κ1) is 98.3. The van der Waals surface area contributed by atoms with Crippen LogP contribution in [0.2, 0.25) is 0 Å². The number of Topliss-reactive ketones (excluding diaryl/α,β-unsaturated/α-hetero) is 10. The number of fused-ring (bicyclic) bond motifs is 2. The summed E-state index contributed by atoms with van der Waals surface area (Å²) in [7, 11) is 0. The van der Waals surface area contributed by atoms with Crippen molar-refractivity contribution in [1.29, 1.82) is 0 Å². The van der Waals surface area contributed by atoms with Gasteiger partial charge in [-0.15, -0.1) is 0 Å². The van der Waals surface area contributed by atoms with Gasteiger partial charge in [0.15, 0.2) is 0 Å². The predicted octanol–water partition coefficient (Wildman–Crippen LogP) is 23.2. The molecule has 10 nitrogen and oxygen atoms in total. The van der Waals surface area contributed by atoms with E-state index in [4.69, 9.17) is 0 Å². The summed E-state index contributed by atoms with van der Waals surface area (Å²) >= 11 is 0. The van der Waals surface area contributed by atoms with Gasteiger partial charge >= 0.3 is 0 Å². The van der Waals surface area contributed by atoms with Gasteiger partial charge in [-0.25, -0.2) is 0 Å². The Bertz CT molecular complexity index is 2290. The third-order valence-corrected chi connectivity index (χ3v) is 19.4. The Morgan fingerprint density at radius 3 is 1.25 bits per heavy atom. The lowest BCUT2D eigenvalue weighted by atomic mass is 9.71. The van der Waals surface area contributed by atoms with Gasteiger partial charge in [-0.3, -0.25) is 47.9 Å². The molecule has 5 saturated carbocycles. The first-order chi connectivity index (χ1) is 44.3. The van der Waals surface area contributed by atoms with Crippen LogP contribution in [0.4, 0.5) is 0 Å². The highest BCUT2D eigenvalue weighted by Crippen LogP contribution is 2.63. The molecule has 0 aliphatic heterocycles. The lowest BCUT2D eigenvalue weighted by Gasteiger charge is -2.33. The van der Waals surface area contributed by atoms with E-state index in [1.54, 1.807) is 6.92 Å². The summed E-state index contributed by atoms with van der Waals surface area (Å²) in [6.07, 6.45) is 22.3. The third-order valence-electron chi connectivity index (χ3n) is 19.4. The predicted molar refractivity (Wildman–Crippen MR) is 407 cm³/mol. The molecule has 5 fully saturated rings. The Kier molecular flexibility index (Phi) is 55.1. The topological polar surface area (TPSA) is 171 Å². The minimum Gasteiger partial charge on any atom is -0.300 e. The normalized spacial score (nSPS) is 21.7. The first-order valence-corrected chi connectivity index (χ1v) is 38.6. The van der Waals surface area contributed by atoms with Gasteiger partial charge in [0.1, 0.15) is 57.8 Å². The zero-order valence-corrected chi connectivity index (χ0v) is 68.0.